The second-order valence-electron chi connectivity index (χ2n) is 11.4. The normalized spacial score (nSPS) is 13.8. The molecule has 0 atom stereocenters. The minimum Gasteiger partial charge on any atom is -0.277 e. The average Bonchev–Trinajstić information content (AvgIpc) is 3.63. The fourth-order valence-corrected chi connectivity index (χ4v) is 6.18. The lowest BCUT2D eigenvalue weighted by atomic mass is 9.98. The van der Waals surface area contributed by atoms with Crippen molar-refractivity contribution in [2.45, 2.75) is 0 Å². The minimum atomic E-state index is -0.546. The fraction of sp³-hybridized carbons (Fsp3) is 0. The first kappa shape index (κ1) is 20.6. The number of rotatable bonds is 6. The number of para-hydroxylation sites is 2. The van der Waals surface area contributed by atoms with Crippen LogP contribution in [0.15, 0.2) is 182 Å². The lowest BCUT2D eigenvalue weighted by molar-refractivity contribution is 0.954. The van der Waals surface area contributed by atoms with Gasteiger partial charge in [0, 0.05) is 27.5 Å². The van der Waals surface area contributed by atoms with Gasteiger partial charge in [-0.1, -0.05) is 170 Å². The van der Waals surface area contributed by atoms with E-state index in [-0.39, 0.29) is 57.2 Å². The maximum absolute atomic E-state index is 9.17. The first-order valence-electron chi connectivity index (χ1n) is 20.2. The molecule has 0 saturated carbocycles. The van der Waals surface area contributed by atoms with Crippen LogP contribution in [0.4, 0.5) is 0 Å². The Bertz CT molecular complexity index is 3070. The molecule has 0 spiro atoms. The van der Waals surface area contributed by atoms with Crippen molar-refractivity contribution in [3.05, 3.63) is 182 Å². The van der Waals surface area contributed by atoms with Crippen LogP contribution in [0.5, 0.6) is 0 Å². The summed E-state index contributed by atoms with van der Waals surface area (Å²) in [4.78, 5) is 14.8. The van der Waals surface area contributed by atoms with Crippen LogP contribution in [0.25, 0.3) is 83.9 Å². The number of hydrogen-bond acceptors (Lipinski definition) is 3. The first-order valence-corrected chi connectivity index (χ1v) is 15.7. The van der Waals surface area contributed by atoms with Crippen LogP contribution in [0.3, 0.4) is 0 Å². The standard InChI is InChI=1S/C45H30N4/c1-4-14-31(15-5-1)36-20-12-21-37(30-36)32-26-28-35(29-27-32)44-46-43(34-18-8-3-9-19-34)47-45(48-44)49-41-25-11-10-22-39(41)40-24-13-23-38(42(40)49)33-16-6-2-7-17-33/h1-30H/i2D,6D,7D,10D,11D,16D,17D,22D,25D. The molecule has 2 heterocycles. The molecular weight excluding hydrogens is 597 g/mol. The molecule has 0 aliphatic carbocycles. The van der Waals surface area contributed by atoms with E-state index in [0.29, 0.717) is 16.5 Å². The predicted molar refractivity (Wildman–Crippen MR) is 201 cm³/mol. The highest BCUT2D eigenvalue weighted by atomic mass is 15.2. The summed E-state index contributed by atoms with van der Waals surface area (Å²) < 4.78 is 79.9. The van der Waals surface area contributed by atoms with E-state index in [1.807, 2.05) is 84.9 Å². The van der Waals surface area contributed by atoms with Crippen molar-refractivity contribution in [3.63, 3.8) is 0 Å². The maximum Gasteiger partial charge on any atom is 0.238 e. The van der Waals surface area contributed by atoms with Crippen molar-refractivity contribution in [1.29, 1.82) is 0 Å². The second kappa shape index (κ2) is 12.2. The molecule has 9 aromatic rings. The van der Waals surface area contributed by atoms with Crippen molar-refractivity contribution in [2.75, 3.05) is 0 Å². The topological polar surface area (TPSA) is 43.6 Å². The van der Waals surface area contributed by atoms with Gasteiger partial charge in [-0.2, -0.15) is 9.97 Å². The molecule has 230 valence electrons. The van der Waals surface area contributed by atoms with Crippen LogP contribution in [0.1, 0.15) is 12.3 Å². The van der Waals surface area contributed by atoms with Crippen LogP contribution >= 0.6 is 0 Å². The van der Waals surface area contributed by atoms with Gasteiger partial charge in [-0.05, 0) is 39.9 Å². The summed E-state index contributed by atoms with van der Waals surface area (Å²) in [5, 5.41) is 0.525. The van der Waals surface area contributed by atoms with E-state index < -0.39 is 42.3 Å². The van der Waals surface area contributed by atoms with E-state index in [2.05, 4.69) is 24.3 Å². The van der Waals surface area contributed by atoms with Gasteiger partial charge in [0.2, 0.25) is 5.95 Å². The summed E-state index contributed by atoms with van der Waals surface area (Å²) in [6, 6.07) is 36.3. The molecule has 0 unspecified atom stereocenters. The SMILES string of the molecule is [2H]c1c([2H])c([2H])c(-c2cccc3c4c([2H])c([2H])c([2H])c([2H])c4n(-c4nc(-c5ccccc5)nc(-c5ccc(-c6cccc(-c7ccccc7)c6)cc5)n4)c23)c([2H])c1[2H]. The summed E-state index contributed by atoms with van der Waals surface area (Å²) >= 11 is 0. The van der Waals surface area contributed by atoms with Crippen molar-refractivity contribution in [1.82, 2.24) is 19.5 Å². The van der Waals surface area contributed by atoms with Gasteiger partial charge in [-0.25, -0.2) is 4.98 Å². The number of hydrogen-bond donors (Lipinski definition) is 0. The molecule has 0 saturated heterocycles. The highest BCUT2D eigenvalue weighted by Gasteiger charge is 2.20. The molecule has 0 radical (unpaired) electrons. The van der Waals surface area contributed by atoms with E-state index in [9.17, 15) is 1.37 Å². The van der Waals surface area contributed by atoms with Crippen LogP contribution < -0.4 is 0 Å². The Labute approximate surface area is 297 Å². The third-order valence-corrected chi connectivity index (χ3v) is 8.49. The van der Waals surface area contributed by atoms with Crippen LogP contribution in [-0.4, -0.2) is 19.5 Å². The first-order chi connectivity index (χ1) is 28.0. The molecule has 2 aromatic heterocycles. The van der Waals surface area contributed by atoms with Crippen molar-refractivity contribution in [3.8, 4) is 62.1 Å². The predicted octanol–water partition coefficient (Wildman–Crippen LogP) is 11.3. The lowest BCUT2D eigenvalue weighted by Crippen LogP contribution is -2.07. The maximum atomic E-state index is 9.17. The quantitative estimate of drug-likeness (QED) is 0.183. The molecule has 0 amide bonds. The largest absolute Gasteiger partial charge is 0.277 e. The molecule has 9 rings (SSSR count). The summed E-state index contributed by atoms with van der Waals surface area (Å²) in [7, 11) is 0. The zero-order chi connectivity index (χ0) is 40.4. The smallest absolute Gasteiger partial charge is 0.238 e. The molecule has 0 bridgehead atoms. The van der Waals surface area contributed by atoms with Crippen molar-refractivity contribution < 1.29 is 12.3 Å². The van der Waals surface area contributed by atoms with Gasteiger partial charge >= 0.3 is 0 Å². The second-order valence-corrected chi connectivity index (χ2v) is 11.4. The zero-order valence-electron chi connectivity index (χ0n) is 34.9. The van der Waals surface area contributed by atoms with E-state index in [4.69, 9.17) is 25.9 Å². The molecule has 0 N–H and O–H groups in total. The molecular formula is C45H30N4. The summed E-state index contributed by atoms with van der Waals surface area (Å²) in [6.45, 7) is 0. The molecule has 0 aliphatic rings. The van der Waals surface area contributed by atoms with E-state index in [0.717, 1.165) is 22.3 Å². The Balaban J connectivity index is 1.32. The molecule has 7 aromatic carbocycles. The number of benzene rings is 7. The molecule has 4 nitrogen and oxygen atoms in total. The molecule has 0 fully saturated rings. The Morgan fingerprint density at radius 2 is 0.959 bits per heavy atom. The van der Waals surface area contributed by atoms with E-state index >= 15 is 0 Å². The fourth-order valence-electron chi connectivity index (χ4n) is 6.18. The molecule has 4 heteroatoms. The minimum absolute atomic E-state index is 0.00772. The monoisotopic (exact) mass is 635 g/mol. The average molecular weight is 636 g/mol. The highest BCUT2D eigenvalue weighted by Crippen LogP contribution is 2.38. The number of fused-ring (bicyclic) bond motifs is 3. The van der Waals surface area contributed by atoms with Gasteiger partial charge in [0.25, 0.3) is 0 Å². The summed E-state index contributed by atoms with van der Waals surface area (Å²) in [6.07, 6.45) is 0. The van der Waals surface area contributed by atoms with E-state index in [1.165, 1.54) is 4.57 Å². The van der Waals surface area contributed by atoms with Gasteiger partial charge in [0.05, 0.1) is 23.4 Å². The van der Waals surface area contributed by atoms with Gasteiger partial charge in [-0.3, -0.25) is 4.57 Å². The molecule has 49 heavy (non-hydrogen) atoms. The van der Waals surface area contributed by atoms with Gasteiger partial charge < -0.3 is 0 Å². The van der Waals surface area contributed by atoms with Crippen LogP contribution in [0.2, 0.25) is 0 Å². The highest BCUT2D eigenvalue weighted by molar-refractivity contribution is 6.13. The lowest BCUT2D eigenvalue weighted by Gasteiger charge is -2.13. The third kappa shape index (κ3) is 5.26. The van der Waals surface area contributed by atoms with Crippen LogP contribution in [0, 0.1) is 0 Å². The van der Waals surface area contributed by atoms with Crippen molar-refractivity contribution >= 4 is 21.8 Å². The van der Waals surface area contributed by atoms with E-state index in [1.54, 1.807) is 18.2 Å². The Morgan fingerprint density at radius 1 is 0.408 bits per heavy atom. The van der Waals surface area contributed by atoms with Gasteiger partial charge in [0.15, 0.2) is 11.6 Å². The Morgan fingerprint density at radius 3 is 1.67 bits per heavy atom. The summed E-state index contributed by atoms with van der Waals surface area (Å²) in [5.41, 5.74) is 5.91. The van der Waals surface area contributed by atoms with Crippen LogP contribution in [-0.2, 0) is 0 Å². The zero-order valence-corrected chi connectivity index (χ0v) is 25.9. The Kier molecular flexibility index (Phi) is 5.11. The van der Waals surface area contributed by atoms with Gasteiger partial charge in [0.1, 0.15) is 0 Å². The summed E-state index contributed by atoms with van der Waals surface area (Å²) in [5.74, 6) is 0.578. The van der Waals surface area contributed by atoms with Crippen molar-refractivity contribution in [2.24, 2.45) is 0 Å². The van der Waals surface area contributed by atoms with Gasteiger partial charge in [-0.15, -0.1) is 0 Å². The Hall–Kier alpha value is -6.65. The number of aromatic nitrogens is 4. The molecule has 0 aliphatic heterocycles. The third-order valence-electron chi connectivity index (χ3n) is 8.49. The number of nitrogens with zero attached hydrogens (tertiary/aromatic N) is 4.